The number of aromatic nitrogens is 1. The molecule has 9 heteroatoms. The number of hydrogen-bond acceptors (Lipinski definition) is 6. The summed E-state index contributed by atoms with van der Waals surface area (Å²) in [4.78, 5) is 29.5. The topological polar surface area (TPSA) is 138 Å². The van der Waals surface area contributed by atoms with Crippen LogP contribution in [0.5, 0.6) is 0 Å². The van der Waals surface area contributed by atoms with Crippen molar-refractivity contribution in [3.63, 3.8) is 0 Å². The summed E-state index contributed by atoms with van der Waals surface area (Å²) in [6, 6.07) is 23.4. The van der Waals surface area contributed by atoms with Crippen molar-refractivity contribution in [3.8, 4) is 6.07 Å². The quantitative estimate of drug-likeness (QED) is 0.200. The zero-order valence-electron chi connectivity index (χ0n) is 20.6. The van der Waals surface area contributed by atoms with Crippen molar-refractivity contribution in [2.24, 2.45) is 0 Å². The van der Waals surface area contributed by atoms with Crippen LogP contribution >= 0.6 is 10.6 Å². The Bertz CT molecular complexity index is 1500. The molecule has 38 heavy (non-hydrogen) atoms. The third-order valence-corrected chi connectivity index (χ3v) is 8.59. The van der Waals surface area contributed by atoms with E-state index in [9.17, 15) is 18.7 Å². The highest BCUT2D eigenvalue weighted by molar-refractivity contribution is 8.25. The zero-order chi connectivity index (χ0) is 26.7. The summed E-state index contributed by atoms with van der Waals surface area (Å²) in [6.45, 7) is 0.565. The Balaban J connectivity index is 1.32. The Hall–Kier alpha value is -3.94. The SMILES string of the molecule is N#Cc1ccc(CCN[C@@H](C(=O)c2c[nH]c3cc(C(=O)NC4CS(O)(O)C4)ccc23)c2ccccc2)cc1. The van der Waals surface area contributed by atoms with Gasteiger partial charge in [0.2, 0.25) is 0 Å². The van der Waals surface area contributed by atoms with Crippen molar-refractivity contribution in [2.45, 2.75) is 18.5 Å². The molecule has 5 rings (SSSR count). The number of aromatic amines is 1. The first-order chi connectivity index (χ1) is 18.3. The molecule has 1 aromatic heterocycles. The second kappa shape index (κ2) is 10.8. The molecule has 1 fully saturated rings. The minimum Gasteiger partial charge on any atom is -0.360 e. The van der Waals surface area contributed by atoms with Gasteiger partial charge in [-0.3, -0.25) is 18.7 Å². The standard InChI is InChI=1S/C29H28N4O4S/c30-15-20-8-6-19(7-9-20)12-13-31-27(21-4-2-1-3-5-21)28(34)25-16-32-26-14-22(10-11-24(25)26)29(35)33-23-17-38(36,37)18-23/h1-11,14,16,23,27,31-32,36-37H,12-13,17-18H2,(H,33,35)/t27-/m1/s1. The number of nitrogens with one attached hydrogen (secondary N) is 3. The molecule has 8 nitrogen and oxygen atoms in total. The molecule has 0 spiro atoms. The van der Waals surface area contributed by atoms with Crippen LogP contribution < -0.4 is 10.6 Å². The first kappa shape index (κ1) is 25.7. The molecule has 5 N–H and O–H groups in total. The monoisotopic (exact) mass is 528 g/mol. The van der Waals surface area contributed by atoms with Crippen molar-refractivity contribution >= 4 is 33.2 Å². The first-order valence-corrected chi connectivity index (χ1v) is 14.2. The molecular formula is C29H28N4O4S. The van der Waals surface area contributed by atoms with Gasteiger partial charge in [-0.15, -0.1) is 0 Å². The maximum atomic E-state index is 13.8. The Morgan fingerprint density at radius 1 is 1.05 bits per heavy atom. The largest absolute Gasteiger partial charge is 0.360 e. The summed E-state index contributed by atoms with van der Waals surface area (Å²) in [6.07, 6.45) is 2.37. The highest BCUT2D eigenvalue weighted by Gasteiger charge is 2.34. The average molecular weight is 529 g/mol. The van der Waals surface area contributed by atoms with Crippen LogP contribution in [0.3, 0.4) is 0 Å². The fraction of sp³-hybridized carbons (Fsp3) is 0.207. The van der Waals surface area contributed by atoms with Crippen LogP contribution in [0.2, 0.25) is 0 Å². The summed E-state index contributed by atoms with van der Waals surface area (Å²) in [5.41, 5.74) is 4.17. The molecule has 3 aromatic carbocycles. The van der Waals surface area contributed by atoms with Crippen LogP contribution in [0, 0.1) is 11.3 Å². The lowest BCUT2D eigenvalue weighted by atomic mass is 9.96. The van der Waals surface area contributed by atoms with E-state index in [0.717, 1.165) is 16.5 Å². The number of amides is 1. The molecule has 1 saturated heterocycles. The van der Waals surface area contributed by atoms with Gasteiger partial charge < -0.3 is 15.6 Å². The Morgan fingerprint density at radius 3 is 2.47 bits per heavy atom. The molecule has 1 aliphatic rings. The number of nitrogens with zero attached hydrogens (tertiary/aromatic N) is 1. The van der Waals surface area contributed by atoms with Gasteiger partial charge in [0, 0.05) is 34.8 Å². The van der Waals surface area contributed by atoms with Gasteiger partial charge in [-0.25, -0.2) is 0 Å². The maximum absolute atomic E-state index is 13.8. The number of rotatable bonds is 9. The molecule has 4 aromatic rings. The number of carbonyl (C=O) groups is 2. The molecule has 0 unspecified atom stereocenters. The van der Waals surface area contributed by atoms with Crippen molar-refractivity contribution < 1.29 is 18.7 Å². The molecule has 2 heterocycles. The van der Waals surface area contributed by atoms with Crippen molar-refractivity contribution in [1.29, 1.82) is 5.26 Å². The average Bonchev–Trinajstić information content (AvgIpc) is 3.34. The van der Waals surface area contributed by atoms with Crippen LogP contribution in [-0.4, -0.2) is 49.9 Å². The first-order valence-electron chi connectivity index (χ1n) is 12.3. The third kappa shape index (κ3) is 5.64. The lowest BCUT2D eigenvalue weighted by molar-refractivity contribution is 0.0935. The molecule has 1 amide bonds. The summed E-state index contributed by atoms with van der Waals surface area (Å²) < 4.78 is 19.1. The molecular weight excluding hydrogens is 500 g/mol. The maximum Gasteiger partial charge on any atom is 0.251 e. The van der Waals surface area contributed by atoms with E-state index in [1.807, 2.05) is 42.5 Å². The highest BCUT2D eigenvalue weighted by Crippen LogP contribution is 2.48. The van der Waals surface area contributed by atoms with E-state index in [1.54, 1.807) is 36.5 Å². The molecule has 0 saturated carbocycles. The number of fused-ring (bicyclic) bond motifs is 1. The van der Waals surface area contributed by atoms with Gasteiger partial charge in [0.05, 0.1) is 35.2 Å². The van der Waals surface area contributed by atoms with E-state index in [4.69, 9.17) is 5.26 Å². The van der Waals surface area contributed by atoms with Crippen LogP contribution in [0.4, 0.5) is 0 Å². The van der Waals surface area contributed by atoms with Gasteiger partial charge in [-0.2, -0.15) is 15.9 Å². The van der Waals surface area contributed by atoms with E-state index in [1.165, 1.54) is 0 Å². The summed E-state index contributed by atoms with van der Waals surface area (Å²) in [7, 11) is -2.53. The van der Waals surface area contributed by atoms with E-state index in [-0.39, 0.29) is 29.2 Å². The molecule has 1 atom stereocenters. The minimum atomic E-state index is -2.53. The van der Waals surface area contributed by atoms with Gasteiger partial charge in [0.1, 0.15) is 0 Å². The summed E-state index contributed by atoms with van der Waals surface area (Å²) >= 11 is 0. The van der Waals surface area contributed by atoms with Gasteiger partial charge in [-0.1, -0.05) is 48.5 Å². The third-order valence-electron chi connectivity index (χ3n) is 6.72. The van der Waals surface area contributed by atoms with Gasteiger partial charge in [-0.05, 0) is 41.8 Å². The Morgan fingerprint density at radius 2 is 1.79 bits per heavy atom. The number of hydrogen-bond donors (Lipinski definition) is 5. The van der Waals surface area contributed by atoms with Gasteiger partial charge >= 0.3 is 0 Å². The fourth-order valence-corrected chi connectivity index (χ4v) is 6.05. The van der Waals surface area contributed by atoms with Crippen LogP contribution in [-0.2, 0) is 6.42 Å². The summed E-state index contributed by atoms with van der Waals surface area (Å²) in [5, 5.41) is 15.9. The second-order valence-corrected chi connectivity index (χ2v) is 11.8. The number of nitriles is 1. The second-order valence-electron chi connectivity index (χ2n) is 9.49. The fourth-order valence-electron chi connectivity index (χ4n) is 4.69. The van der Waals surface area contributed by atoms with E-state index in [2.05, 4.69) is 21.7 Å². The Labute approximate surface area is 222 Å². The smallest absolute Gasteiger partial charge is 0.251 e. The van der Waals surface area contributed by atoms with Crippen LogP contribution in [0.15, 0.2) is 79.0 Å². The van der Waals surface area contributed by atoms with Gasteiger partial charge in [0.15, 0.2) is 5.78 Å². The van der Waals surface area contributed by atoms with E-state index < -0.39 is 16.6 Å². The number of Topliss-reactive ketones (excluding diaryl/α,β-unsaturated/α-hetero) is 1. The zero-order valence-corrected chi connectivity index (χ0v) is 21.4. The van der Waals surface area contributed by atoms with Gasteiger partial charge in [0.25, 0.3) is 5.91 Å². The highest BCUT2D eigenvalue weighted by atomic mass is 32.3. The molecule has 0 aliphatic carbocycles. The van der Waals surface area contributed by atoms with Crippen LogP contribution in [0.25, 0.3) is 10.9 Å². The Kier molecular flexibility index (Phi) is 7.31. The summed E-state index contributed by atoms with van der Waals surface area (Å²) in [5.74, 6) is -0.0115. The molecule has 1 aliphatic heterocycles. The van der Waals surface area contributed by atoms with Crippen molar-refractivity contribution in [3.05, 3.63) is 107 Å². The molecule has 0 radical (unpaired) electrons. The lowest BCUT2D eigenvalue weighted by Crippen LogP contribution is -2.50. The molecule has 0 bridgehead atoms. The predicted octanol–water partition coefficient (Wildman–Crippen LogP) is 4.66. The number of benzene rings is 3. The number of ketones is 1. The molecule has 194 valence electrons. The van der Waals surface area contributed by atoms with Crippen LogP contribution in [0.1, 0.15) is 43.4 Å². The number of H-pyrrole nitrogens is 1. The van der Waals surface area contributed by atoms with Crippen molar-refractivity contribution in [1.82, 2.24) is 15.6 Å². The number of carbonyl (C=O) groups excluding carboxylic acids is 2. The van der Waals surface area contributed by atoms with E-state index >= 15 is 0 Å². The lowest BCUT2D eigenvalue weighted by Gasteiger charge is -2.47. The normalized spacial score (nSPS) is 16.2. The van der Waals surface area contributed by atoms with E-state index in [0.29, 0.717) is 35.2 Å². The minimum absolute atomic E-state index is 0.0841. The predicted molar refractivity (Wildman–Crippen MR) is 149 cm³/mol. The van der Waals surface area contributed by atoms with Crippen molar-refractivity contribution in [2.75, 3.05) is 18.1 Å².